The number of hydrogen-bond acceptors (Lipinski definition) is 3. The van der Waals surface area contributed by atoms with Crippen molar-refractivity contribution in [3.8, 4) is 6.07 Å². The lowest BCUT2D eigenvalue weighted by Gasteiger charge is -2.05. The Morgan fingerprint density at radius 3 is 2.88 bits per heavy atom. The van der Waals surface area contributed by atoms with E-state index in [1.807, 2.05) is 6.07 Å². The standard InChI is InChI=1S/C12H7FN2OS/c13-9-3-4-10(8(6-9)7-14)15-12(16)11-2-1-5-17-11/h1-6H,(H,15,16). The summed E-state index contributed by atoms with van der Waals surface area (Å²) in [5.74, 6) is -0.807. The number of hydrogen-bond donors (Lipinski definition) is 1. The van der Waals surface area contributed by atoms with E-state index >= 15 is 0 Å². The first kappa shape index (κ1) is 11.3. The molecule has 0 radical (unpaired) electrons. The first-order valence-electron chi connectivity index (χ1n) is 4.75. The molecule has 3 nitrogen and oxygen atoms in total. The summed E-state index contributed by atoms with van der Waals surface area (Å²) in [6.45, 7) is 0. The van der Waals surface area contributed by atoms with Gasteiger partial charge in [-0.25, -0.2) is 4.39 Å². The molecule has 5 heteroatoms. The number of nitrogens with zero attached hydrogens (tertiary/aromatic N) is 1. The molecule has 2 rings (SSSR count). The SMILES string of the molecule is N#Cc1cc(F)ccc1NC(=O)c1cccs1. The normalized spacial score (nSPS) is 9.65. The molecular weight excluding hydrogens is 239 g/mol. The van der Waals surface area contributed by atoms with E-state index in [2.05, 4.69) is 5.32 Å². The van der Waals surface area contributed by atoms with E-state index in [9.17, 15) is 9.18 Å². The summed E-state index contributed by atoms with van der Waals surface area (Å²) in [6, 6.07) is 8.93. The molecule has 1 aromatic carbocycles. The Hall–Kier alpha value is -2.19. The number of nitrogens with one attached hydrogen (secondary N) is 1. The van der Waals surface area contributed by atoms with Gasteiger partial charge in [-0.15, -0.1) is 11.3 Å². The molecule has 0 aliphatic carbocycles. The maximum Gasteiger partial charge on any atom is 0.265 e. The number of carbonyl (C=O) groups is 1. The van der Waals surface area contributed by atoms with E-state index in [-0.39, 0.29) is 11.5 Å². The highest BCUT2D eigenvalue weighted by molar-refractivity contribution is 7.12. The quantitative estimate of drug-likeness (QED) is 0.885. The number of amides is 1. The van der Waals surface area contributed by atoms with Crippen LogP contribution < -0.4 is 5.32 Å². The molecule has 1 N–H and O–H groups in total. The molecular formula is C12H7FN2OS. The summed E-state index contributed by atoms with van der Waals surface area (Å²) in [6.07, 6.45) is 0. The molecule has 0 atom stereocenters. The molecule has 84 valence electrons. The van der Waals surface area contributed by atoms with Gasteiger partial charge in [0.05, 0.1) is 16.1 Å². The molecule has 0 saturated carbocycles. The van der Waals surface area contributed by atoms with Crippen molar-refractivity contribution >= 4 is 22.9 Å². The number of nitriles is 1. The zero-order valence-corrected chi connectivity index (χ0v) is 9.42. The van der Waals surface area contributed by atoms with Gasteiger partial charge in [-0.1, -0.05) is 6.07 Å². The van der Waals surface area contributed by atoms with Crippen LogP contribution in [-0.4, -0.2) is 5.91 Å². The fraction of sp³-hybridized carbons (Fsp3) is 0. The Morgan fingerprint density at radius 1 is 1.41 bits per heavy atom. The van der Waals surface area contributed by atoms with Crippen molar-refractivity contribution in [2.45, 2.75) is 0 Å². The molecule has 0 saturated heterocycles. The first-order valence-corrected chi connectivity index (χ1v) is 5.63. The van der Waals surface area contributed by atoms with Crippen LogP contribution in [-0.2, 0) is 0 Å². The lowest BCUT2D eigenvalue weighted by Crippen LogP contribution is -2.11. The van der Waals surface area contributed by atoms with Crippen molar-refractivity contribution in [2.24, 2.45) is 0 Å². The highest BCUT2D eigenvalue weighted by atomic mass is 32.1. The van der Waals surface area contributed by atoms with E-state index < -0.39 is 5.82 Å². The Bertz CT molecular complexity index is 587. The highest BCUT2D eigenvalue weighted by Gasteiger charge is 2.10. The van der Waals surface area contributed by atoms with Gasteiger partial charge in [0, 0.05) is 0 Å². The molecule has 2 aromatic rings. The fourth-order valence-corrected chi connectivity index (χ4v) is 1.93. The third kappa shape index (κ3) is 2.49. The zero-order valence-electron chi connectivity index (χ0n) is 8.61. The minimum atomic E-state index is -0.504. The molecule has 1 heterocycles. The summed E-state index contributed by atoms with van der Waals surface area (Å²) in [5.41, 5.74) is 0.419. The molecule has 0 fully saturated rings. The molecule has 1 amide bonds. The molecule has 0 aliphatic heterocycles. The van der Waals surface area contributed by atoms with Gasteiger partial charge in [-0.3, -0.25) is 4.79 Å². The number of carbonyl (C=O) groups excluding carboxylic acids is 1. The fourth-order valence-electron chi connectivity index (χ4n) is 1.31. The second kappa shape index (κ2) is 4.76. The van der Waals surface area contributed by atoms with E-state index in [4.69, 9.17) is 5.26 Å². The third-order valence-electron chi connectivity index (χ3n) is 2.10. The van der Waals surface area contributed by atoms with Gasteiger partial charge in [-0.2, -0.15) is 5.26 Å². The van der Waals surface area contributed by atoms with Crippen LogP contribution >= 0.6 is 11.3 Å². The first-order chi connectivity index (χ1) is 8.20. The smallest absolute Gasteiger partial charge is 0.265 e. The van der Waals surface area contributed by atoms with Crippen LogP contribution in [0.1, 0.15) is 15.2 Å². The van der Waals surface area contributed by atoms with Crippen LogP contribution in [0.15, 0.2) is 35.7 Å². The number of rotatable bonds is 2. The predicted octanol–water partition coefficient (Wildman–Crippen LogP) is 3.01. The van der Waals surface area contributed by atoms with Crippen LogP contribution in [0.5, 0.6) is 0 Å². The van der Waals surface area contributed by atoms with Crippen LogP contribution in [0, 0.1) is 17.1 Å². The molecule has 17 heavy (non-hydrogen) atoms. The molecule has 1 aromatic heterocycles. The number of thiophene rings is 1. The highest BCUT2D eigenvalue weighted by Crippen LogP contribution is 2.18. The molecule has 0 aliphatic rings. The minimum Gasteiger partial charge on any atom is -0.320 e. The van der Waals surface area contributed by atoms with Gasteiger partial charge >= 0.3 is 0 Å². The Morgan fingerprint density at radius 2 is 2.24 bits per heavy atom. The zero-order chi connectivity index (χ0) is 12.3. The van der Waals surface area contributed by atoms with Crippen molar-refractivity contribution in [2.75, 3.05) is 5.32 Å². The summed E-state index contributed by atoms with van der Waals surface area (Å²) >= 11 is 1.30. The number of anilines is 1. The number of benzene rings is 1. The largest absolute Gasteiger partial charge is 0.320 e. The maximum absolute atomic E-state index is 12.9. The van der Waals surface area contributed by atoms with Crippen LogP contribution in [0.25, 0.3) is 0 Å². The maximum atomic E-state index is 12.9. The van der Waals surface area contributed by atoms with E-state index in [1.54, 1.807) is 17.5 Å². The van der Waals surface area contributed by atoms with Gasteiger partial charge in [-0.05, 0) is 29.6 Å². The Labute approximate surface area is 101 Å². The molecule has 0 spiro atoms. The van der Waals surface area contributed by atoms with Crippen molar-refractivity contribution in [1.82, 2.24) is 0 Å². The molecule has 0 bridgehead atoms. The van der Waals surface area contributed by atoms with Gasteiger partial charge in [0.1, 0.15) is 11.9 Å². The lowest BCUT2D eigenvalue weighted by atomic mass is 10.2. The third-order valence-corrected chi connectivity index (χ3v) is 2.96. The second-order valence-corrected chi connectivity index (χ2v) is 4.18. The summed E-state index contributed by atoms with van der Waals surface area (Å²) < 4.78 is 12.9. The van der Waals surface area contributed by atoms with Gasteiger partial charge in [0.2, 0.25) is 0 Å². The van der Waals surface area contributed by atoms with E-state index in [1.165, 1.54) is 23.5 Å². The van der Waals surface area contributed by atoms with Gasteiger partial charge < -0.3 is 5.32 Å². The lowest BCUT2D eigenvalue weighted by molar-refractivity contribution is 0.103. The molecule has 0 unspecified atom stereocenters. The summed E-state index contributed by atoms with van der Waals surface area (Å²) in [5, 5.41) is 13.2. The summed E-state index contributed by atoms with van der Waals surface area (Å²) in [4.78, 5) is 12.3. The number of halogens is 1. The second-order valence-electron chi connectivity index (χ2n) is 3.23. The van der Waals surface area contributed by atoms with Crippen LogP contribution in [0.2, 0.25) is 0 Å². The average Bonchev–Trinajstić information content (AvgIpc) is 2.85. The van der Waals surface area contributed by atoms with E-state index in [0.717, 1.165) is 6.07 Å². The van der Waals surface area contributed by atoms with E-state index in [0.29, 0.717) is 10.6 Å². The van der Waals surface area contributed by atoms with Crippen molar-refractivity contribution < 1.29 is 9.18 Å². The minimum absolute atomic E-state index is 0.106. The summed E-state index contributed by atoms with van der Waals surface area (Å²) in [7, 11) is 0. The Balaban J connectivity index is 2.25. The van der Waals surface area contributed by atoms with Gasteiger partial charge in [0.15, 0.2) is 0 Å². The Kier molecular flexibility index (Phi) is 3.17. The monoisotopic (exact) mass is 246 g/mol. The van der Waals surface area contributed by atoms with Crippen molar-refractivity contribution in [1.29, 1.82) is 5.26 Å². The predicted molar refractivity (Wildman–Crippen MR) is 63.4 cm³/mol. The van der Waals surface area contributed by atoms with Crippen LogP contribution in [0.4, 0.5) is 10.1 Å². The topological polar surface area (TPSA) is 52.9 Å². The van der Waals surface area contributed by atoms with Crippen molar-refractivity contribution in [3.05, 3.63) is 52.0 Å². The van der Waals surface area contributed by atoms with Crippen molar-refractivity contribution in [3.63, 3.8) is 0 Å². The van der Waals surface area contributed by atoms with Gasteiger partial charge in [0.25, 0.3) is 5.91 Å². The van der Waals surface area contributed by atoms with Crippen LogP contribution in [0.3, 0.4) is 0 Å². The average molecular weight is 246 g/mol.